The molecule has 0 bridgehead atoms. The van der Waals surface area contributed by atoms with Crippen LogP contribution in [0.5, 0.6) is 0 Å². The number of rotatable bonds is 3. The Hall–Kier alpha value is -2.71. The second-order valence-corrected chi connectivity index (χ2v) is 10.3. The maximum Gasteiger partial charge on any atom is 0.332 e. The minimum atomic E-state index is -0.422. The van der Waals surface area contributed by atoms with Gasteiger partial charge in [-0.1, -0.05) is 44.5 Å². The lowest BCUT2D eigenvalue weighted by molar-refractivity contribution is 0.539. The zero-order valence-electron chi connectivity index (χ0n) is 18.9. The van der Waals surface area contributed by atoms with Gasteiger partial charge in [0.15, 0.2) is 5.65 Å². The number of aromatic nitrogens is 5. The summed E-state index contributed by atoms with van der Waals surface area (Å²) in [6.45, 7) is 8.00. The highest BCUT2D eigenvalue weighted by molar-refractivity contribution is 7.98. The zero-order chi connectivity index (χ0) is 23.4. The van der Waals surface area contributed by atoms with Crippen molar-refractivity contribution in [1.29, 1.82) is 0 Å². The molecule has 7 nitrogen and oxygen atoms in total. The molecule has 0 atom stereocenters. The Morgan fingerprint density at radius 3 is 2.44 bits per heavy atom. The minimum Gasteiger partial charge on any atom is -0.280 e. The SMILES string of the molecule is Cc1ccc2cc(CSc3nc(C(C)(C)C)nc4c3c(=O)n(C)c(=O)n4C)c(Cl)nc2c1. The van der Waals surface area contributed by atoms with Gasteiger partial charge in [0.1, 0.15) is 21.4 Å². The molecule has 0 fully saturated rings. The number of hydrogen-bond donors (Lipinski definition) is 0. The smallest absolute Gasteiger partial charge is 0.280 e. The van der Waals surface area contributed by atoms with Crippen LogP contribution in [0, 0.1) is 6.92 Å². The Labute approximate surface area is 194 Å². The molecule has 0 aliphatic rings. The summed E-state index contributed by atoms with van der Waals surface area (Å²) in [6.07, 6.45) is 0. The first kappa shape index (κ1) is 22.5. The zero-order valence-corrected chi connectivity index (χ0v) is 20.4. The molecule has 0 aliphatic heterocycles. The molecule has 4 aromatic rings. The van der Waals surface area contributed by atoms with Crippen molar-refractivity contribution in [3.05, 3.63) is 67.2 Å². The van der Waals surface area contributed by atoms with Crippen molar-refractivity contribution in [1.82, 2.24) is 24.1 Å². The highest BCUT2D eigenvalue weighted by atomic mass is 35.5. The summed E-state index contributed by atoms with van der Waals surface area (Å²) in [5, 5.41) is 2.27. The minimum absolute atomic E-state index is 0.327. The summed E-state index contributed by atoms with van der Waals surface area (Å²) in [4.78, 5) is 39.3. The third-order valence-corrected chi connectivity index (χ3v) is 6.65. The molecule has 0 N–H and O–H groups in total. The summed E-state index contributed by atoms with van der Waals surface area (Å²) in [7, 11) is 3.08. The fraction of sp³-hybridized carbons (Fsp3) is 0.348. The van der Waals surface area contributed by atoms with Gasteiger partial charge in [-0.15, -0.1) is 11.8 Å². The van der Waals surface area contributed by atoms with Crippen LogP contribution in [0.4, 0.5) is 0 Å². The van der Waals surface area contributed by atoms with E-state index in [-0.39, 0.29) is 5.41 Å². The van der Waals surface area contributed by atoms with E-state index in [4.69, 9.17) is 16.6 Å². The second kappa shape index (κ2) is 8.01. The monoisotopic (exact) mass is 469 g/mol. The number of fused-ring (bicyclic) bond motifs is 2. The fourth-order valence-electron chi connectivity index (χ4n) is 3.41. The molecule has 3 aromatic heterocycles. The van der Waals surface area contributed by atoms with Crippen LogP contribution in [-0.4, -0.2) is 24.1 Å². The molecule has 166 valence electrons. The van der Waals surface area contributed by atoms with Crippen LogP contribution in [-0.2, 0) is 25.3 Å². The molecule has 32 heavy (non-hydrogen) atoms. The van der Waals surface area contributed by atoms with E-state index in [9.17, 15) is 9.59 Å². The van der Waals surface area contributed by atoms with E-state index in [1.54, 1.807) is 7.05 Å². The van der Waals surface area contributed by atoms with Gasteiger partial charge >= 0.3 is 5.69 Å². The summed E-state index contributed by atoms with van der Waals surface area (Å²) in [5.41, 5.74) is 1.94. The summed E-state index contributed by atoms with van der Waals surface area (Å²) in [5.74, 6) is 1.03. The quantitative estimate of drug-likeness (QED) is 0.255. The summed E-state index contributed by atoms with van der Waals surface area (Å²) in [6, 6.07) is 8.06. The van der Waals surface area contributed by atoms with E-state index >= 15 is 0 Å². The van der Waals surface area contributed by atoms with Crippen molar-refractivity contribution in [3.63, 3.8) is 0 Å². The number of halogens is 1. The maximum atomic E-state index is 13.0. The van der Waals surface area contributed by atoms with Crippen molar-refractivity contribution >= 4 is 45.3 Å². The highest BCUT2D eigenvalue weighted by Gasteiger charge is 2.24. The van der Waals surface area contributed by atoms with Crippen molar-refractivity contribution < 1.29 is 0 Å². The number of nitrogens with zero attached hydrogens (tertiary/aromatic N) is 5. The van der Waals surface area contributed by atoms with Crippen molar-refractivity contribution in [3.8, 4) is 0 Å². The second-order valence-electron chi connectivity index (χ2n) is 8.93. The normalized spacial score (nSPS) is 12.1. The van der Waals surface area contributed by atoms with Crippen LogP contribution in [0.3, 0.4) is 0 Å². The van der Waals surface area contributed by atoms with Gasteiger partial charge in [-0.25, -0.2) is 19.7 Å². The van der Waals surface area contributed by atoms with Gasteiger partial charge in [0.05, 0.1) is 5.52 Å². The Bertz CT molecular complexity index is 1500. The topological polar surface area (TPSA) is 82.7 Å². The fourth-order valence-corrected chi connectivity index (χ4v) is 4.69. The highest BCUT2D eigenvalue weighted by Crippen LogP contribution is 2.31. The maximum absolute atomic E-state index is 13.0. The van der Waals surface area contributed by atoms with Crippen molar-refractivity contribution in [2.45, 2.75) is 43.9 Å². The van der Waals surface area contributed by atoms with Gasteiger partial charge in [-0.3, -0.25) is 13.9 Å². The van der Waals surface area contributed by atoms with E-state index in [2.05, 4.69) is 9.97 Å². The molecular weight excluding hydrogens is 446 g/mol. The van der Waals surface area contributed by atoms with Gasteiger partial charge in [-0.05, 0) is 24.6 Å². The van der Waals surface area contributed by atoms with E-state index in [1.165, 1.54) is 23.4 Å². The molecule has 0 spiro atoms. The van der Waals surface area contributed by atoms with Crippen LogP contribution >= 0.6 is 23.4 Å². The number of thioether (sulfide) groups is 1. The van der Waals surface area contributed by atoms with Crippen molar-refractivity contribution in [2.24, 2.45) is 14.1 Å². The Balaban J connectivity index is 1.86. The number of hydrogen-bond acceptors (Lipinski definition) is 6. The van der Waals surface area contributed by atoms with Gasteiger partial charge in [-0.2, -0.15) is 0 Å². The molecule has 0 aliphatic carbocycles. The predicted molar refractivity (Wildman–Crippen MR) is 130 cm³/mol. The van der Waals surface area contributed by atoms with E-state index in [0.717, 1.165) is 26.6 Å². The molecule has 3 heterocycles. The molecule has 0 unspecified atom stereocenters. The van der Waals surface area contributed by atoms with Gasteiger partial charge in [0.25, 0.3) is 5.56 Å². The number of benzene rings is 1. The standard InChI is InChI=1S/C23H24ClN5O2S/c1-12-7-8-13-10-14(17(24)25-15(13)9-12)11-32-19-16-18(26-21(27-19)23(2,3)4)28(5)22(31)29(6)20(16)30/h7-10H,11H2,1-6H3. The first-order chi connectivity index (χ1) is 15.0. The summed E-state index contributed by atoms with van der Waals surface area (Å²) >= 11 is 7.87. The van der Waals surface area contributed by atoms with Gasteiger partial charge in [0.2, 0.25) is 0 Å². The molecule has 0 amide bonds. The molecule has 0 saturated heterocycles. The average Bonchev–Trinajstić information content (AvgIpc) is 2.73. The molecule has 0 radical (unpaired) electrons. The number of pyridine rings is 1. The first-order valence-electron chi connectivity index (χ1n) is 10.1. The Morgan fingerprint density at radius 2 is 1.75 bits per heavy atom. The van der Waals surface area contributed by atoms with E-state index in [0.29, 0.717) is 32.8 Å². The first-order valence-corrected chi connectivity index (χ1v) is 11.5. The third kappa shape index (κ3) is 3.93. The van der Waals surface area contributed by atoms with Crippen LogP contribution in [0.15, 0.2) is 38.9 Å². The molecule has 4 rings (SSSR count). The van der Waals surface area contributed by atoms with Crippen LogP contribution in [0.25, 0.3) is 21.9 Å². The lowest BCUT2D eigenvalue weighted by Gasteiger charge is -2.19. The van der Waals surface area contributed by atoms with Gasteiger partial charge < -0.3 is 0 Å². The molecular formula is C23H24ClN5O2S. The summed E-state index contributed by atoms with van der Waals surface area (Å²) < 4.78 is 2.48. The number of aryl methyl sites for hydroxylation is 2. The van der Waals surface area contributed by atoms with Crippen molar-refractivity contribution in [2.75, 3.05) is 0 Å². The lowest BCUT2D eigenvalue weighted by atomic mass is 9.96. The van der Waals surface area contributed by atoms with E-state index < -0.39 is 11.2 Å². The van der Waals surface area contributed by atoms with Crippen LogP contribution in [0.1, 0.15) is 37.7 Å². The molecule has 9 heteroatoms. The van der Waals surface area contributed by atoms with E-state index in [1.807, 2.05) is 52.0 Å². The lowest BCUT2D eigenvalue weighted by Crippen LogP contribution is -2.38. The van der Waals surface area contributed by atoms with Crippen LogP contribution in [0.2, 0.25) is 5.15 Å². The van der Waals surface area contributed by atoms with Crippen LogP contribution < -0.4 is 11.2 Å². The predicted octanol–water partition coefficient (Wildman–Crippen LogP) is 4.13. The average molecular weight is 470 g/mol. The Kier molecular flexibility index (Phi) is 5.63. The Morgan fingerprint density at radius 1 is 1.03 bits per heavy atom. The molecule has 1 aromatic carbocycles. The molecule has 0 saturated carbocycles. The third-order valence-electron chi connectivity index (χ3n) is 5.30. The van der Waals surface area contributed by atoms with Gasteiger partial charge in [0, 0.05) is 36.2 Å². The largest absolute Gasteiger partial charge is 0.332 e.